The van der Waals surface area contributed by atoms with E-state index in [0.29, 0.717) is 0 Å². The van der Waals surface area contributed by atoms with Gasteiger partial charge in [-0.2, -0.15) is 0 Å². The van der Waals surface area contributed by atoms with Crippen molar-refractivity contribution in [2.75, 3.05) is 7.11 Å². The summed E-state index contributed by atoms with van der Waals surface area (Å²) in [5.74, 6) is 6.60. The molecule has 3 nitrogen and oxygen atoms in total. The molecule has 20 heavy (non-hydrogen) atoms. The van der Waals surface area contributed by atoms with Crippen LogP contribution in [0.15, 0.2) is 46.9 Å². The predicted octanol–water partition coefficient (Wildman–Crippen LogP) is 3.51. The highest BCUT2D eigenvalue weighted by molar-refractivity contribution is 9.10. The van der Waals surface area contributed by atoms with E-state index in [1.165, 1.54) is 11.1 Å². The van der Waals surface area contributed by atoms with Crippen LogP contribution in [0, 0.1) is 6.92 Å². The Labute approximate surface area is 128 Å². The van der Waals surface area contributed by atoms with Gasteiger partial charge in [-0.05, 0) is 42.2 Å². The van der Waals surface area contributed by atoms with E-state index < -0.39 is 0 Å². The summed E-state index contributed by atoms with van der Waals surface area (Å²) < 4.78 is 6.36. The summed E-state index contributed by atoms with van der Waals surface area (Å²) in [7, 11) is 1.68. The molecule has 0 radical (unpaired) electrons. The lowest BCUT2D eigenvalue weighted by atomic mass is 9.98. The first-order chi connectivity index (χ1) is 9.65. The van der Waals surface area contributed by atoms with Gasteiger partial charge in [-0.15, -0.1) is 0 Å². The lowest BCUT2D eigenvalue weighted by molar-refractivity contribution is 0.414. The molecule has 1 atom stereocenters. The summed E-state index contributed by atoms with van der Waals surface area (Å²) >= 11 is 3.64. The van der Waals surface area contributed by atoms with E-state index in [9.17, 15) is 0 Å². The van der Waals surface area contributed by atoms with Crippen LogP contribution in [-0.2, 0) is 6.42 Å². The fourth-order valence-corrected chi connectivity index (χ4v) is 2.77. The van der Waals surface area contributed by atoms with Gasteiger partial charge in [0.05, 0.1) is 13.2 Å². The summed E-state index contributed by atoms with van der Waals surface area (Å²) in [4.78, 5) is 0. The molecular formula is C16H19BrN2O. The molecule has 0 fully saturated rings. The van der Waals surface area contributed by atoms with Crippen molar-refractivity contribution in [2.24, 2.45) is 5.84 Å². The third-order valence-electron chi connectivity index (χ3n) is 3.37. The predicted molar refractivity (Wildman–Crippen MR) is 85.6 cm³/mol. The SMILES string of the molecule is COc1cccc(CC(NN)c2cccc(C)c2Br)c1. The third-order valence-corrected chi connectivity index (χ3v) is 4.46. The lowest BCUT2D eigenvalue weighted by Crippen LogP contribution is -2.30. The molecule has 2 aromatic carbocycles. The van der Waals surface area contributed by atoms with Crippen LogP contribution in [0.3, 0.4) is 0 Å². The summed E-state index contributed by atoms with van der Waals surface area (Å²) in [5, 5.41) is 0. The number of halogens is 1. The molecule has 0 aliphatic carbocycles. The van der Waals surface area contributed by atoms with Crippen molar-refractivity contribution in [3.8, 4) is 5.75 Å². The molecule has 0 amide bonds. The van der Waals surface area contributed by atoms with Gasteiger partial charge in [-0.3, -0.25) is 11.3 Å². The third kappa shape index (κ3) is 3.39. The van der Waals surface area contributed by atoms with Crippen molar-refractivity contribution in [2.45, 2.75) is 19.4 Å². The highest BCUT2D eigenvalue weighted by Crippen LogP contribution is 2.29. The summed E-state index contributed by atoms with van der Waals surface area (Å²) in [6.07, 6.45) is 0.801. The monoisotopic (exact) mass is 334 g/mol. The van der Waals surface area contributed by atoms with Crippen LogP contribution in [0.25, 0.3) is 0 Å². The van der Waals surface area contributed by atoms with Crippen molar-refractivity contribution in [1.82, 2.24) is 5.43 Å². The number of hydrogen-bond acceptors (Lipinski definition) is 3. The van der Waals surface area contributed by atoms with Crippen LogP contribution in [0.4, 0.5) is 0 Å². The van der Waals surface area contributed by atoms with Gasteiger partial charge in [-0.25, -0.2) is 0 Å². The second kappa shape index (κ2) is 6.88. The maximum atomic E-state index is 5.74. The van der Waals surface area contributed by atoms with Gasteiger partial charge in [0, 0.05) is 4.47 Å². The molecule has 0 bridgehead atoms. The Morgan fingerprint density at radius 1 is 1.25 bits per heavy atom. The Bertz CT molecular complexity index is 586. The Kier molecular flexibility index (Phi) is 5.17. The largest absolute Gasteiger partial charge is 0.497 e. The minimum atomic E-state index is 0.0522. The van der Waals surface area contributed by atoms with Gasteiger partial charge < -0.3 is 4.74 Å². The molecule has 0 saturated carbocycles. The topological polar surface area (TPSA) is 47.3 Å². The molecule has 2 rings (SSSR count). The first-order valence-corrected chi connectivity index (χ1v) is 7.29. The minimum absolute atomic E-state index is 0.0522. The number of rotatable bonds is 5. The van der Waals surface area contributed by atoms with Crippen molar-refractivity contribution in [3.63, 3.8) is 0 Å². The Balaban J connectivity index is 2.26. The fourth-order valence-electron chi connectivity index (χ4n) is 2.23. The number of hydrazine groups is 1. The van der Waals surface area contributed by atoms with E-state index in [2.05, 4.69) is 46.5 Å². The minimum Gasteiger partial charge on any atom is -0.497 e. The number of nitrogens with one attached hydrogen (secondary N) is 1. The zero-order valence-corrected chi connectivity index (χ0v) is 13.3. The summed E-state index contributed by atoms with van der Waals surface area (Å²) in [6.45, 7) is 2.08. The number of nitrogens with two attached hydrogens (primary N) is 1. The molecule has 2 aromatic rings. The van der Waals surface area contributed by atoms with Crippen LogP contribution in [-0.4, -0.2) is 7.11 Å². The first kappa shape index (κ1) is 15.0. The van der Waals surface area contributed by atoms with Crippen molar-refractivity contribution in [3.05, 3.63) is 63.6 Å². The van der Waals surface area contributed by atoms with E-state index in [1.54, 1.807) is 7.11 Å². The van der Waals surface area contributed by atoms with Crippen molar-refractivity contribution >= 4 is 15.9 Å². The first-order valence-electron chi connectivity index (χ1n) is 6.49. The summed E-state index contributed by atoms with van der Waals surface area (Å²) in [5.41, 5.74) is 6.45. The van der Waals surface area contributed by atoms with Crippen LogP contribution >= 0.6 is 15.9 Å². The molecule has 0 aromatic heterocycles. The molecule has 0 aliphatic rings. The second-order valence-electron chi connectivity index (χ2n) is 4.75. The van der Waals surface area contributed by atoms with Gasteiger partial charge in [0.15, 0.2) is 0 Å². The number of methoxy groups -OCH3 is 1. The van der Waals surface area contributed by atoms with E-state index in [1.807, 2.05) is 24.3 Å². The van der Waals surface area contributed by atoms with E-state index >= 15 is 0 Å². The van der Waals surface area contributed by atoms with Crippen LogP contribution in [0.5, 0.6) is 5.75 Å². The van der Waals surface area contributed by atoms with Gasteiger partial charge >= 0.3 is 0 Å². The molecule has 106 valence electrons. The van der Waals surface area contributed by atoms with Crippen LogP contribution in [0.2, 0.25) is 0 Å². The average molecular weight is 335 g/mol. The normalized spacial score (nSPS) is 12.2. The van der Waals surface area contributed by atoms with Crippen LogP contribution < -0.4 is 16.0 Å². The molecule has 1 unspecified atom stereocenters. The van der Waals surface area contributed by atoms with Gasteiger partial charge in [-0.1, -0.05) is 46.3 Å². The highest BCUT2D eigenvalue weighted by Gasteiger charge is 2.15. The number of ether oxygens (including phenoxy) is 1. The Hall–Kier alpha value is -1.36. The zero-order valence-electron chi connectivity index (χ0n) is 11.7. The van der Waals surface area contributed by atoms with Gasteiger partial charge in [0.25, 0.3) is 0 Å². The average Bonchev–Trinajstić information content (AvgIpc) is 2.48. The van der Waals surface area contributed by atoms with E-state index in [0.717, 1.165) is 22.2 Å². The number of hydrogen-bond donors (Lipinski definition) is 2. The molecule has 0 saturated heterocycles. The number of benzene rings is 2. The Morgan fingerprint density at radius 2 is 2.00 bits per heavy atom. The fraction of sp³-hybridized carbons (Fsp3) is 0.250. The van der Waals surface area contributed by atoms with E-state index in [-0.39, 0.29) is 6.04 Å². The maximum absolute atomic E-state index is 5.74. The standard InChI is InChI=1S/C16H19BrN2O/c1-11-5-3-8-14(16(11)17)15(19-18)10-12-6-4-7-13(9-12)20-2/h3-9,15,19H,10,18H2,1-2H3. The quantitative estimate of drug-likeness (QED) is 0.649. The zero-order chi connectivity index (χ0) is 14.5. The maximum Gasteiger partial charge on any atom is 0.119 e. The second-order valence-corrected chi connectivity index (χ2v) is 5.55. The number of aryl methyl sites for hydroxylation is 1. The van der Waals surface area contributed by atoms with Crippen molar-refractivity contribution < 1.29 is 4.74 Å². The molecule has 0 spiro atoms. The summed E-state index contributed by atoms with van der Waals surface area (Å²) in [6, 6.07) is 14.3. The smallest absolute Gasteiger partial charge is 0.119 e. The molecule has 4 heteroatoms. The Morgan fingerprint density at radius 3 is 2.70 bits per heavy atom. The molecule has 0 heterocycles. The van der Waals surface area contributed by atoms with Gasteiger partial charge in [0.2, 0.25) is 0 Å². The molecule has 3 N–H and O–H groups in total. The van der Waals surface area contributed by atoms with Crippen LogP contribution in [0.1, 0.15) is 22.7 Å². The van der Waals surface area contributed by atoms with E-state index in [4.69, 9.17) is 10.6 Å². The molecular weight excluding hydrogens is 316 g/mol. The lowest BCUT2D eigenvalue weighted by Gasteiger charge is -2.19. The highest BCUT2D eigenvalue weighted by atomic mass is 79.9. The van der Waals surface area contributed by atoms with Crippen molar-refractivity contribution in [1.29, 1.82) is 0 Å². The van der Waals surface area contributed by atoms with Gasteiger partial charge in [0.1, 0.15) is 5.75 Å². The molecule has 0 aliphatic heterocycles.